The fourth-order valence-electron chi connectivity index (χ4n) is 2.90. The second-order valence-corrected chi connectivity index (χ2v) is 11.9. The predicted molar refractivity (Wildman–Crippen MR) is 115 cm³/mol. The van der Waals surface area contributed by atoms with Crippen LogP contribution in [0.4, 0.5) is 26.3 Å². The number of nitrogens with one attached hydrogen (secondary N) is 2. The quantitative estimate of drug-likeness (QED) is 0.396. The highest BCUT2D eigenvalue weighted by atomic mass is 32.2. The Kier molecular flexibility index (Phi) is 10.4. The van der Waals surface area contributed by atoms with Crippen molar-refractivity contribution >= 4 is 20.0 Å². The van der Waals surface area contributed by atoms with Gasteiger partial charge >= 0.3 is 31.1 Å². The monoisotopic (exact) mass is 541 g/mol. The molecule has 1 rings (SSSR count). The molecule has 0 saturated heterocycles. The topological polar surface area (TPSA) is 95.6 Å². The van der Waals surface area contributed by atoms with Crippen molar-refractivity contribution in [2.45, 2.75) is 57.3 Å². The van der Waals surface area contributed by atoms with Crippen LogP contribution < -0.4 is 9.44 Å². The Bertz CT molecular complexity index is 922. The highest BCUT2D eigenvalue weighted by Gasteiger charge is 2.48. The maximum absolute atomic E-state index is 12.9. The van der Waals surface area contributed by atoms with Gasteiger partial charge in [0.05, 0.1) is 0 Å². The average Bonchev–Trinajstić information content (AvgIpc) is 2.65. The Balaban J connectivity index is 3.27. The Hall–Kier alpha value is -1.42. The summed E-state index contributed by atoms with van der Waals surface area (Å²) in [6, 6.07) is 5.86. The van der Waals surface area contributed by atoms with E-state index in [9.17, 15) is 43.2 Å². The smallest absolute Gasteiger partial charge is 0.296 e. The normalized spacial score (nSPS) is 15.8. The molecule has 2 N–H and O–H groups in total. The van der Waals surface area contributed by atoms with Crippen LogP contribution in [0.25, 0.3) is 0 Å². The molecule has 0 saturated carbocycles. The lowest BCUT2D eigenvalue weighted by Gasteiger charge is -2.34. The van der Waals surface area contributed by atoms with E-state index in [0.717, 1.165) is 0 Å². The van der Waals surface area contributed by atoms with Gasteiger partial charge in [-0.05, 0) is 17.4 Å². The minimum Gasteiger partial charge on any atom is -0.296 e. The number of hydrogen-bond acceptors (Lipinski definition) is 5. The standard InChI is InChI=1S/C19H29F6N3O4S2/c1-13(2)16(26-33(29,30)18(20,21)22)11-28(10-15-8-6-5-7-9-15)12-17(14(3)4)27-34(31,32)19(23,24)25/h5-9,13-14,16-17,26-27H,10-12H2,1-4H3. The zero-order valence-corrected chi connectivity index (χ0v) is 20.6. The number of hydrogen-bond donors (Lipinski definition) is 2. The molecule has 0 aliphatic heterocycles. The molecule has 0 aliphatic rings. The van der Waals surface area contributed by atoms with Crippen LogP contribution in [0.15, 0.2) is 30.3 Å². The highest BCUT2D eigenvalue weighted by Crippen LogP contribution is 2.25. The van der Waals surface area contributed by atoms with Crippen molar-refractivity contribution in [1.82, 2.24) is 14.3 Å². The van der Waals surface area contributed by atoms with Crippen molar-refractivity contribution in [3.8, 4) is 0 Å². The molecule has 0 bridgehead atoms. The number of halogens is 6. The number of sulfonamides is 2. The predicted octanol–water partition coefficient (Wildman–Crippen LogP) is 3.42. The van der Waals surface area contributed by atoms with Crippen molar-refractivity contribution in [1.29, 1.82) is 0 Å². The van der Waals surface area contributed by atoms with E-state index in [2.05, 4.69) is 0 Å². The largest absolute Gasteiger partial charge is 0.511 e. The lowest BCUT2D eigenvalue weighted by atomic mass is 10.0. The minimum atomic E-state index is -5.69. The lowest BCUT2D eigenvalue weighted by Crippen LogP contribution is -2.54. The second kappa shape index (κ2) is 11.5. The summed E-state index contributed by atoms with van der Waals surface area (Å²) < 4.78 is 127. The first-order valence-corrected chi connectivity index (χ1v) is 13.2. The first kappa shape index (κ1) is 30.6. The van der Waals surface area contributed by atoms with Crippen LogP contribution in [0, 0.1) is 11.8 Å². The van der Waals surface area contributed by atoms with E-state index in [4.69, 9.17) is 0 Å². The van der Waals surface area contributed by atoms with Gasteiger partial charge in [-0.15, -0.1) is 0 Å². The molecule has 0 aromatic heterocycles. The van der Waals surface area contributed by atoms with Gasteiger partial charge in [0.1, 0.15) is 0 Å². The molecule has 0 heterocycles. The summed E-state index contributed by atoms with van der Waals surface area (Å²) in [5.74, 6) is -1.25. The molecule has 15 heteroatoms. The van der Waals surface area contributed by atoms with E-state index in [1.54, 1.807) is 39.8 Å². The van der Waals surface area contributed by atoms with E-state index in [0.29, 0.717) is 5.56 Å². The zero-order valence-electron chi connectivity index (χ0n) is 19.0. The molecule has 0 aliphatic carbocycles. The number of rotatable bonds is 12. The third kappa shape index (κ3) is 8.98. The van der Waals surface area contributed by atoms with Crippen LogP contribution in [-0.2, 0) is 26.6 Å². The van der Waals surface area contributed by atoms with Gasteiger partial charge in [-0.3, -0.25) is 4.90 Å². The molecule has 0 fully saturated rings. The fraction of sp³-hybridized carbons (Fsp3) is 0.684. The van der Waals surface area contributed by atoms with Crippen molar-refractivity contribution in [2.24, 2.45) is 11.8 Å². The third-order valence-corrected chi connectivity index (χ3v) is 7.44. The van der Waals surface area contributed by atoms with E-state index in [1.807, 2.05) is 0 Å². The van der Waals surface area contributed by atoms with Crippen LogP contribution in [0.3, 0.4) is 0 Å². The number of alkyl halides is 6. The average molecular weight is 542 g/mol. The van der Waals surface area contributed by atoms with Crippen LogP contribution in [0.5, 0.6) is 0 Å². The molecule has 2 unspecified atom stereocenters. The summed E-state index contributed by atoms with van der Waals surface area (Å²) >= 11 is 0. The molecule has 34 heavy (non-hydrogen) atoms. The van der Waals surface area contributed by atoms with Gasteiger partial charge < -0.3 is 0 Å². The minimum absolute atomic E-state index is 0.0226. The first-order valence-electron chi connectivity index (χ1n) is 10.2. The third-order valence-electron chi connectivity index (χ3n) is 4.99. The molecule has 2 atom stereocenters. The summed E-state index contributed by atoms with van der Waals surface area (Å²) in [5, 5.41) is 0. The molecule has 1 aromatic carbocycles. The van der Waals surface area contributed by atoms with Gasteiger partial charge in [0.25, 0.3) is 0 Å². The summed E-state index contributed by atoms with van der Waals surface area (Å²) in [6.45, 7) is 5.31. The van der Waals surface area contributed by atoms with E-state index in [-0.39, 0.29) is 19.6 Å². The van der Waals surface area contributed by atoms with Crippen molar-refractivity contribution in [3.05, 3.63) is 35.9 Å². The maximum atomic E-state index is 12.9. The summed E-state index contributed by atoms with van der Waals surface area (Å²) in [5.41, 5.74) is -10.5. The van der Waals surface area contributed by atoms with Crippen molar-refractivity contribution in [3.63, 3.8) is 0 Å². The molecule has 7 nitrogen and oxygen atoms in total. The first-order chi connectivity index (χ1) is 15.3. The maximum Gasteiger partial charge on any atom is 0.511 e. The Morgan fingerprint density at radius 3 is 1.38 bits per heavy atom. The zero-order chi connectivity index (χ0) is 26.5. The van der Waals surface area contributed by atoms with Crippen LogP contribution in [0.2, 0.25) is 0 Å². The summed E-state index contributed by atoms with van der Waals surface area (Å²) in [6.07, 6.45) is 0. The van der Waals surface area contributed by atoms with Crippen LogP contribution >= 0.6 is 0 Å². The van der Waals surface area contributed by atoms with Gasteiger partial charge in [-0.2, -0.15) is 26.3 Å². The molecule has 1 aromatic rings. The van der Waals surface area contributed by atoms with Gasteiger partial charge in [-0.25, -0.2) is 26.3 Å². The van der Waals surface area contributed by atoms with Gasteiger partial charge in [-0.1, -0.05) is 58.0 Å². The lowest BCUT2D eigenvalue weighted by molar-refractivity contribution is -0.0457. The summed E-state index contributed by atoms with van der Waals surface area (Å²) in [4.78, 5) is 1.42. The fourth-order valence-corrected chi connectivity index (χ4v) is 4.66. The molecular formula is C19H29F6N3O4S2. The molecule has 198 valence electrons. The summed E-state index contributed by atoms with van der Waals surface area (Å²) in [7, 11) is -11.4. The van der Waals surface area contributed by atoms with Crippen LogP contribution in [-0.4, -0.2) is 57.9 Å². The SMILES string of the molecule is CC(C)C(CN(Cc1ccccc1)CC(NS(=O)(=O)C(F)(F)F)C(C)C)NS(=O)(=O)C(F)(F)F. The molecular weight excluding hydrogens is 512 g/mol. The van der Waals surface area contributed by atoms with Gasteiger partial charge in [0, 0.05) is 31.7 Å². The van der Waals surface area contributed by atoms with Crippen molar-refractivity contribution < 1.29 is 43.2 Å². The number of benzene rings is 1. The van der Waals surface area contributed by atoms with E-state index in [1.165, 1.54) is 32.6 Å². The highest BCUT2D eigenvalue weighted by molar-refractivity contribution is 7.90. The van der Waals surface area contributed by atoms with E-state index < -0.39 is 55.0 Å². The Morgan fingerprint density at radius 2 is 1.09 bits per heavy atom. The molecule has 0 radical (unpaired) electrons. The second-order valence-electron chi connectivity index (χ2n) is 8.51. The molecule has 0 spiro atoms. The Morgan fingerprint density at radius 1 is 0.735 bits per heavy atom. The number of nitrogens with zero attached hydrogens (tertiary/aromatic N) is 1. The molecule has 0 amide bonds. The van der Waals surface area contributed by atoms with Crippen molar-refractivity contribution in [2.75, 3.05) is 13.1 Å². The Labute approximate surface area is 196 Å². The van der Waals surface area contributed by atoms with Gasteiger partial charge in [0.15, 0.2) is 0 Å². The van der Waals surface area contributed by atoms with Gasteiger partial charge in [0.2, 0.25) is 0 Å². The van der Waals surface area contributed by atoms with Crippen LogP contribution in [0.1, 0.15) is 33.3 Å². The van der Waals surface area contributed by atoms with E-state index >= 15 is 0 Å².